The van der Waals surface area contributed by atoms with Crippen molar-refractivity contribution in [3.63, 3.8) is 0 Å². The van der Waals surface area contributed by atoms with Gasteiger partial charge in [0.25, 0.3) is 0 Å². The third kappa shape index (κ3) is 6.78. The van der Waals surface area contributed by atoms with Gasteiger partial charge in [-0.15, -0.1) is 0 Å². The number of nitriles is 1. The third-order valence-corrected chi connectivity index (χ3v) is 2.68. The first-order valence-corrected chi connectivity index (χ1v) is 5.91. The van der Waals surface area contributed by atoms with Crippen LogP contribution in [0.25, 0.3) is 0 Å². The van der Waals surface area contributed by atoms with Crippen molar-refractivity contribution in [3.8, 4) is 6.07 Å². The molecule has 0 spiro atoms. The smallest absolute Gasteiger partial charge is 0.105 e. The van der Waals surface area contributed by atoms with Gasteiger partial charge >= 0.3 is 0 Å². The summed E-state index contributed by atoms with van der Waals surface area (Å²) in [7, 11) is 3.76. The van der Waals surface area contributed by atoms with Crippen molar-refractivity contribution in [1.82, 2.24) is 10.2 Å². The van der Waals surface area contributed by atoms with E-state index in [-0.39, 0.29) is 0 Å². The van der Waals surface area contributed by atoms with Crippen LogP contribution in [0, 0.1) is 11.3 Å². The van der Waals surface area contributed by atoms with Crippen LogP contribution in [-0.2, 0) is 4.74 Å². The molecule has 16 heavy (non-hydrogen) atoms. The van der Waals surface area contributed by atoms with Gasteiger partial charge in [-0.2, -0.15) is 5.26 Å². The maximum atomic E-state index is 9.15. The van der Waals surface area contributed by atoms with Crippen molar-refractivity contribution in [3.05, 3.63) is 0 Å². The topological polar surface area (TPSA) is 48.3 Å². The van der Waals surface area contributed by atoms with Gasteiger partial charge in [-0.3, -0.25) is 5.32 Å². The molecular formula is C12H25N3O. The zero-order valence-corrected chi connectivity index (χ0v) is 11.0. The van der Waals surface area contributed by atoms with E-state index in [4.69, 9.17) is 10.00 Å². The van der Waals surface area contributed by atoms with E-state index in [2.05, 4.69) is 30.3 Å². The monoisotopic (exact) mass is 227 g/mol. The van der Waals surface area contributed by atoms with Gasteiger partial charge in [0.05, 0.1) is 12.7 Å². The number of ether oxygens (including phenoxy) is 1. The van der Waals surface area contributed by atoms with Crippen molar-refractivity contribution in [2.75, 3.05) is 40.4 Å². The first-order chi connectivity index (χ1) is 7.58. The summed E-state index contributed by atoms with van der Waals surface area (Å²) in [6.07, 6.45) is 1.89. The van der Waals surface area contributed by atoms with Crippen LogP contribution in [0.5, 0.6) is 0 Å². The predicted molar refractivity (Wildman–Crippen MR) is 66.3 cm³/mol. The highest BCUT2D eigenvalue weighted by atomic mass is 16.5. The molecule has 0 heterocycles. The second kappa shape index (κ2) is 8.51. The number of methoxy groups -OCH3 is 1. The summed E-state index contributed by atoms with van der Waals surface area (Å²) >= 11 is 0. The average molecular weight is 227 g/mol. The lowest BCUT2D eigenvalue weighted by Crippen LogP contribution is -2.44. The molecular weight excluding hydrogens is 202 g/mol. The van der Waals surface area contributed by atoms with E-state index < -0.39 is 5.54 Å². The summed E-state index contributed by atoms with van der Waals surface area (Å²) in [6.45, 7) is 7.52. The van der Waals surface area contributed by atoms with E-state index in [1.807, 2.05) is 6.92 Å². The summed E-state index contributed by atoms with van der Waals surface area (Å²) in [5, 5.41) is 12.4. The maximum Gasteiger partial charge on any atom is 0.105 e. The fraction of sp³-hybridized carbons (Fsp3) is 0.917. The first-order valence-electron chi connectivity index (χ1n) is 5.91. The van der Waals surface area contributed by atoms with E-state index in [1.54, 1.807) is 7.11 Å². The van der Waals surface area contributed by atoms with Crippen molar-refractivity contribution in [2.24, 2.45) is 0 Å². The molecule has 0 bridgehead atoms. The first kappa shape index (κ1) is 15.4. The number of hydrogen-bond donors (Lipinski definition) is 1. The second-order valence-electron chi connectivity index (χ2n) is 4.42. The third-order valence-electron chi connectivity index (χ3n) is 2.68. The molecule has 0 aromatic carbocycles. The summed E-state index contributed by atoms with van der Waals surface area (Å²) in [6, 6.07) is 2.36. The van der Waals surface area contributed by atoms with E-state index in [9.17, 15) is 0 Å². The molecule has 0 fully saturated rings. The summed E-state index contributed by atoms with van der Waals surface area (Å²) in [5.74, 6) is 0. The number of likely N-dealkylation sites (N-methyl/N-ethyl adjacent to an activating group) is 1. The standard InChI is InChI=1S/C12H25N3O/c1-5-7-14-12(2,11-13)6-8-15(3)9-10-16-4/h14H,5-10H2,1-4H3. The predicted octanol–water partition coefficient (Wildman–Crippen LogP) is 1.24. The Morgan fingerprint density at radius 1 is 1.44 bits per heavy atom. The summed E-state index contributed by atoms with van der Waals surface area (Å²) < 4.78 is 5.01. The molecule has 0 aromatic heterocycles. The van der Waals surface area contributed by atoms with Gasteiger partial charge in [-0.1, -0.05) is 6.92 Å². The molecule has 0 amide bonds. The molecule has 0 aromatic rings. The highest BCUT2D eigenvalue weighted by molar-refractivity contribution is 5.03. The summed E-state index contributed by atoms with van der Waals surface area (Å²) in [4.78, 5) is 2.19. The van der Waals surface area contributed by atoms with Crippen LogP contribution in [0.1, 0.15) is 26.7 Å². The number of hydrogen-bond acceptors (Lipinski definition) is 4. The lowest BCUT2D eigenvalue weighted by Gasteiger charge is -2.26. The number of rotatable bonds is 9. The van der Waals surface area contributed by atoms with Gasteiger partial charge in [0.1, 0.15) is 5.54 Å². The Bertz CT molecular complexity index is 215. The van der Waals surface area contributed by atoms with Gasteiger partial charge in [-0.05, 0) is 33.4 Å². The Morgan fingerprint density at radius 3 is 2.62 bits per heavy atom. The molecule has 4 nitrogen and oxygen atoms in total. The molecule has 1 atom stereocenters. The van der Waals surface area contributed by atoms with Crippen LogP contribution < -0.4 is 5.32 Å². The van der Waals surface area contributed by atoms with Crippen molar-refractivity contribution in [1.29, 1.82) is 5.26 Å². The lowest BCUT2D eigenvalue weighted by atomic mass is 9.99. The zero-order chi connectivity index (χ0) is 12.4. The van der Waals surface area contributed by atoms with Gasteiger partial charge in [0.15, 0.2) is 0 Å². The maximum absolute atomic E-state index is 9.15. The molecule has 0 saturated heterocycles. The van der Waals surface area contributed by atoms with Crippen LogP contribution in [0.2, 0.25) is 0 Å². The van der Waals surface area contributed by atoms with E-state index in [0.717, 1.165) is 39.1 Å². The quantitative estimate of drug-likeness (QED) is 0.644. The molecule has 1 unspecified atom stereocenters. The van der Waals surface area contributed by atoms with Crippen LogP contribution in [0.4, 0.5) is 0 Å². The van der Waals surface area contributed by atoms with Crippen LogP contribution in [-0.4, -0.2) is 50.8 Å². The Kier molecular flexibility index (Phi) is 8.18. The molecule has 0 aliphatic rings. The second-order valence-corrected chi connectivity index (χ2v) is 4.42. The SMILES string of the molecule is CCCNC(C)(C#N)CCN(C)CCOC. The molecule has 4 heteroatoms. The Labute approximate surface area is 99.6 Å². The normalized spacial score (nSPS) is 14.8. The minimum Gasteiger partial charge on any atom is -0.383 e. The van der Waals surface area contributed by atoms with Gasteiger partial charge in [0.2, 0.25) is 0 Å². The molecule has 0 radical (unpaired) electrons. The largest absolute Gasteiger partial charge is 0.383 e. The Hall–Kier alpha value is -0.630. The lowest BCUT2D eigenvalue weighted by molar-refractivity contribution is 0.157. The zero-order valence-electron chi connectivity index (χ0n) is 11.0. The minimum atomic E-state index is -0.405. The summed E-state index contributed by atoms with van der Waals surface area (Å²) in [5.41, 5.74) is -0.405. The van der Waals surface area contributed by atoms with Crippen molar-refractivity contribution >= 4 is 0 Å². The molecule has 0 aliphatic carbocycles. The highest BCUT2D eigenvalue weighted by Gasteiger charge is 2.22. The average Bonchev–Trinajstić information content (AvgIpc) is 2.31. The molecule has 0 rings (SSSR count). The van der Waals surface area contributed by atoms with Crippen LogP contribution in [0.15, 0.2) is 0 Å². The van der Waals surface area contributed by atoms with Gasteiger partial charge in [0, 0.05) is 20.2 Å². The van der Waals surface area contributed by atoms with Gasteiger partial charge < -0.3 is 9.64 Å². The number of nitrogens with one attached hydrogen (secondary N) is 1. The van der Waals surface area contributed by atoms with Gasteiger partial charge in [-0.25, -0.2) is 0 Å². The van der Waals surface area contributed by atoms with Crippen LogP contribution in [0.3, 0.4) is 0 Å². The molecule has 0 aliphatic heterocycles. The molecule has 1 N–H and O–H groups in total. The number of nitrogens with zero attached hydrogens (tertiary/aromatic N) is 2. The van der Waals surface area contributed by atoms with E-state index >= 15 is 0 Å². The van der Waals surface area contributed by atoms with E-state index in [1.165, 1.54) is 0 Å². The minimum absolute atomic E-state index is 0.405. The highest BCUT2D eigenvalue weighted by Crippen LogP contribution is 2.08. The van der Waals surface area contributed by atoms with E-state index in [0.29, 0.717) is 0 Å². The molecule has 0 saturated carbocycles. The van der Waals surface area contributed by atoms with Crippen LogP contribution >= 0.6 is 0 Å². The van der Waals surface area contributed by atoms with Crippen molar-refractivity contribution in [2.45, 2.75) is 32.2 Å². The van der Waals surface area contributed by atoms with Crippen molar-refractivity contribution < 1.29 is 4.74 Å². The fourth-order valence-electron chi connectivity index (χ4n) is 1.36. The fourth-order valence-corrected chi connectivity index (χ4v) is 1.36. The Balaban J connectivity index is 3.89. The Morgan fingerprint density at radius 2 is 2.12 bits per heavy atom. The molecule has 94 valence electrons.